The molecule has 138 valence electrons. The number of benzene rings is 2. The van der Waals surface area contributed by atoms with Gasteiger partial charge in [0.05, 0.1) is 16.9 Å². The normalized spacial score (nSPS) is 18.0. The lowest BCUT2D eigenvalue weighted by molar-refractivity contribution is -0.386. The van der Waals surface area contributed by atoms with Gasteiger partial charge in [-0.25, -0.2) is 8.42 Å². The smallest absolute Gasteiger partial charge is 0.312 e. The van der Waals surface area contributed by atoms with Crippen LogP contribution in [0, 0.1) is 10.1 Å². The summed E-state index contributed by atoms with van der Waals surface area (Å²) in [4.78, 5) is 10.5. The number of nitro groups is 1. The molecule has 0 aliphatic carbocycles. The molecular formula is C18H20N2O5S. The number of rotatable bonds is 6. The van der Waals surface area contributed by atoms with E-state index in [1.165, 1.54) is 23.5 Å². The monoisotopic (exact) mass is 376 g/mol. The van der Waals surface area contributed by atoms with Crippen molar-refractivity contribution in [3.8, 4) is 5.75 Å². The minimum absolute atomic E-state index is 0.0382. The highest BCUT2D eigenvalue weighted by molar-refractivity contribution is 7.89. The average molecular weight is 376 g/mol. The topological polar surface area (TPSA) is 89.8 Å². The minimum atomic E-state index is -3.82. The highest BCUT2D eigenvalue weighted by Crippen LogP contribution is 2.33. The molecule has 0 saturated carbocycles. The molecule has 0 radical (unpaired) electrons. The fraction of sp³-hybridized carbons (Fsp3) is 0.333. The minimum Gasteiger partial charge on any atom is -0.490 e. The van der Waals surface area contributed by atoms with Crippen LogP contribution in [0.4, 0.5) is 5.69 Å². The van der Waals surface area contributed by atoms with Gasteiger partial charge >= 0.3 is 5.69 Å². The maximum absolute atomic E-state index is 13.1. The van der Waals surface area contributed by atoms with E-state index in [4.69, 9.17) is 4.74 Å². The van der Waals surface area contributed by atoms with Gasteiger partial charge in [0.1, 0.15) is 0 Å². The molecule has 1 saturated heterocycles. The molecule has 1 aliphatic rings. The molecule has 0 aromatic heterocycles. The second-order valence-corrected chi connectivity index (χ2v) is 8.08. The number of hydrogen-bond acceptors (Lipinski definition) is 5. The summed E-state index contributed by atoms with van der Waals surface area (Å²) in [6.07, 6.45) is 2.17. The maximum Gasteiger partial charge on any atom is 0.312 e. The highest BCUT2D eigenvalue weighted by Gasteiger charge is 2.36. The molecule has 7 nitrogen and oxygen atoms in total. The molecule has 0 N–H and O–H groups in total. The summed E-state index contributed by atoms with van der Waals surface area (Å²) in [6.45, 7) is 0.416. The Bertz CT molecular complexity index is 899. The molecule has 1 aliphatic heterocycles. The number of ether oxygens (including phenoxy) is 1. The predicted molar refractivity (Wildman–Crippen MR) is 96.7 cm³/mol. The van der Waals surface area contributed by atoms with Crippen LogP contribution < -0.4 is 4.74 Å². The summed E-state index contributed by atoms with van der Waals surface area (Å²) < 4.78 is 32.6. The molecule has 1 fully saturated rings. The number of nitrogens with zero attached hydrogens (tertiary/aromatic N) is 2. The Labute approximate surface area is 152 Å². The molecule has 0 bridgehead atoms. The summed E-state index contributed by atoms with van der Waals surface area (Å²) in [5.74, 6) is 0.0382. The first kappa shape index (κ1) is 18.3. The van der Waals surface area contributed by atoms with Crippen molar-refractivity contribution in [2.45, 2.75) is 30.2 Å². The molecule has 26 heavy (non-hydrogen) atoms. The third-order valence-electron chi connectivity index (χ3n) is 4.59. The Kier molecular flexibility index (Phi) is 5.24. The van der Waals surface area contributed by atoms with E-state index in [0.717, 1.165) is 24.5 Å². The summed E-state index contributed by atoms with van der Waals surface area (Å²) >= 11 is 0. The standard InChI is InChI=1S/C18H20N2O5S/c1-25-18-10-9-16(13-17(18)20(21)22)26(23,24)19-11-5-8-15(19)12-14-6-3-2-4-7-14/h2-4,6-7,9-10,13,15H,5,8,11-12H2,1H3. The maximum atomic E-state index is 13.1. The Balaban J connectivity index is 1.91. The lowest BCUT2D eigenvalue weighted by Crippen LogP contribution is -2.36. The number of sulfonamides is 1. The SMILES string of the molecule is COc1ccc(S(=O)(=O)N2CCCC2Cc2ccccc2)cc1[N+](=O)[O-]. The van der Waals surface area contributed by atoms with Crippen LogP contribution in [0.1, 0.15) is 18.4 Å². The van der Waals surface area contributed by atoms with Crippen molar-refractivity contribution in [3.05, 3.63) is 64.2 Å². The second kappa shape index (κ2) is 7.43. The van der Waals surface area contributed by atoms with Crippen molar-refractivity contribution in [2.24, 2.45) is 0 Å². The van der Waals surface area contributed by atoms with E-state index in [0.29, 0.717) is 13.0 Å². The van der Waals surface area contributed by atoms with E-state index < -0.39 is 14.9 Å². The lowest BCUT2D eigenvalue weighted by Gasteiger charge is -2.24. The summed E-state index contributed by atoms with van der Waals surface area (Å²) in [5.41, 5.74) is 0.715. The van der Waals surface area contributed by atoms with Gasteiger partial charge in [0.2, 0.25) is 10.0 Å². The van der Waals surface area contributed by atoms with Gasteiger partial charge in [0.25, 0.3) is 0 Å². The molecule has 2 aromatic carbocycles. The molecule has 2 aromatic rings. The van der Waals surface area contributed by atoms with Crippen molar-refractivity contribution in [3.63, 3.8) is 0 Å². The number of methoxy groups -OCH3 is 1. The molecule has 8 heteroatoms. The van der Waals surface area contributed by atoms with E-state index in [-0.39, 0.29) is 22.4 Å². The van der Waals surface area contributed by atoms with E-state index >= 15 is 0 Å². The molecule has 1 atom stereocenters. The molecule has 3 rings (SSSR count). The Hall–Kier alpha value is -2.45. The third-order valence-corrected chi connectivity index (χ3v) is 6.54. The van der Waals surface area contributed by atoms with Crippen LogP contribution in [-0.4, -0.2) is 37.3 Å². The molecular weight excluding hydrogens is 356 g/mol. The summed E-state index contributed by atoms with van der Waals surface area (Å²) in [7, 11) is -2.50. The van der Waals surface area contributed by atoms with Crippen LogP contribution >= 0.6 is 0 Å². The van der Waals surface area contributed by atoms with Crippen molar-refractivity contribution >= 4 is 15.7 Å². The predicted octanol–water partition coefficient (Wildman–Crippen LogP) is 3.00. The first-order chi connectivity index (χ1) is 12.4. The van der Waals surface area contributed by atoms with Crippen molar-refractivity contribution in [1.82, 2.24) is 4.31 Å². The van der Waals surface area contributed by atoms with Crippen LogP contribution in [0.25, 0.3) is 0 Å². The van der Waals surface area contributed by atoms with Crippen molar-refractivity contribution in [1.29, 1.82) is 0 Å². The van der Waals surface area contributed by atoms with Crippen molar-refractivity contribution < 1.29 is 18.1 Å². The third kappa shape index (κ3) is 3.56. The van der Waals surface area contributed by atoms with Crippen LogP contribution in [0.2, 0.25) is 0 Å². The van der Waals surface area contributed by atoms with Gasteiger partial charge < -0.3 is 4.74 Å². The van der Waals surface area contributed by atoms with Crippen LogP contribution in [0.5, 0.6) is 5.75 Å². The van der Waals surface area contributed by atoms with E-state index in [2.05, 4.69) is 0 Å². The van der Waals surface area contributed by atoms with Gasteiger partial charge in [0, 0.05) is 18.7 Å². The average Bonchev–Trinajstić information content (AvgIpc) is 3.11. The zero-order valence-corrected chi connectivity index (χ0v) is 15.2. The molecule has 0 spiro atoms. The van der Waals surface area contributed by atoms with Crippen LogP contribution in [0.3, 0.4) is 0 Å². The Morgan fingerprint density at radius 1 is 1.23 bits per heavy atom. The molecule has 1 heterocycles. The second-order valence-electron chi connectivity index (χ2n) is 6.19. The van der Waals surface area contributed by atoms with E-state index in [1.54, 1.807) is 0 Å². The van der Waals surface area contributed by atoms with Gasteiger partial charge in [-0.1, -0.05) is 30.3 Å². The van der Waals surface area contributed by atoms with E-state index in [9.17, 15) is 18.5 Å². The molecule has 0 amide bonds. The van der Waals surface area contributed by atoms with Crippen LogP contribution in [-0.2, 0) is 16.4 Å². The van der Waals surface area contributed by atoms with Gasteiger partial charge in [0.15, 0.2) is 5.75 Å². The fourth-order valence-corrected chi connectivity index (χ4v) is 5.04. The van der Waals surface area contributed by atoms with E-state index in [1.807, 2.05) is 30.3 Å². The fourth-order valence-electron chi connectivity index (χ4n) is 3.32. The quantitative estimate of drug-likeness (QED) is 0.571. The Morgan fingerprint density at radius 2 is 1.96 bits per heavy atom. The Morgan fingerprint density at radius 3 is 2.62 bits per heavy atom. The lowest BCUT2D eigenvalue weighted by atomic mass is 10.1. The van der Waals surface area contributed by atoms with Crippen molar-refractivity contribution in [2.75, 3.05) is 13.7 Å². The first-order valence-corrected chi connectivity index (χ1v) is 9.75. The largest absolute Gasteiger partial charge is 0.490 e. The summed E-state index contributed by atoms with van der Waals surface area (Å²) in [6, 6.07) is 13.3. The van der Waals surface area contributed by atoms with Gasteiger partial charge in [-0.3, -0.25) is 10.1 Å². The van der Waals surface area contributed by atoms with Gasteiger partial charge in [-0.05, 0) is 37.0 Å². The summed E-state index contributed by atoms with van der Waals surface area (Å²) in [5, 5.41) is 11.2. The zero-order valence-electron chi connectivity index (χ0n) is 14.4. The van der Waals surface area contributed by atoms with Gasteiger partial charge in [-0.2, -0.15) is 4.31 Å². The zero-order chi connectivity index (χ0) is 18.7. The molecule has 1 unspecified atom stereocenters. The number of nitro benzene ring substituents is 1. The first-order valence-electron chi connectivity index (χ1n) is 8.31. The number of hydrogen-bond donors (Lipinski definition) is 0. The highest BCUT2D eigenvalue weighted by atomic mass is 32.2. The van der Waals surface area contributed by atoms with Crippen LogP contribution in [0.15, 0.2) is 53.4 Å². The van der Waals surface area contributed by atoms with Gasteiger partial charge in [-0.15, -0.1) is 0 Å².